The van der Waals surface area contributed by atoms with Gasteiger partial charge in [-0.3, -0.25) is 0 Å². The number of hydrogen-bond donors (Lipinski definition) is 1. The summed E-state index contributed by atoms with van der Waals surface area (Å²) in [6.07, 6.45) is 7.16. The van der Waals surface area contributed by atoms with Gasteiger partial charge in [0.25, 0.3) is 0 Å². The predicted molar refractivity (Wildman–Crippen MR) is 64.9 cm³/mol. The van der Waals surface area contributed by atoms with Gasteiger partial charge in [-0.05, 0) is 30.4 Å². The van der Waals surface area contributed by atoms with Crippen molar-refractivity contribution in [3.63, 3.8) is 0 Å². The highest BCUT2D eigenvalue weighted by molar-refractivity contribution is 8.00. The highest BCUT2D eigenvalue weighted by atomic mass is 32.2. The third-order valence-corrected chi connectivity index (χ3v) is 5.30. The van der Waals surface area contributed by atoms with Gasteiger partial charge in [0.1, 0.15) is 0 Å². The normalized spacial score (nSPS) is 36.4. The van der Waals surface area contributed by atoms with E-state index in [1.807, 2.05) is 0 Å². The van der Waals surface area contributed by atoms with Gasteiger partial charge in [0.05, 0.1) is 0 Å². The molecule has 0 bridgehead atoms. The summed E-state index contributed by atoms with van der Waals surface area (Å²) < 4.78 is 0. The summed E-state index contributed by atoms with van der Waals surface area (Å²) >= 11 is 2.12. The van der Waals surface area contributed by atoms with Gasteiger partial charge in [-0.1, -0.05) is 26.7 Å². The van der Waals surface area contributed by atoms with Crippen LogP contribution in [0.2, 0.25) is 0 Å². The van der Waals surface area contributed by atoms with E-state index in [4.69, 9.17) is 0 Å². The maximum absolute atomic E-state index is 3.79. The number of nitrogens with one attached hydrogen (secondary N) is 1. The fraction of sp³-hybridized carbons (Fsp3) is 1.00. The maximum Gasteiger partial charge on any atom is 0.0191 e. The molecule has 1 N–H and O–H groups in total. The largest absolute Gasteiger partial charge is 0.312 e. The molecule has 0 aromatic heterocycles. The van der Waals surface area contributed by atoms with Crippen molar-refractivity contribution in [2.24, 2.45) is 5.41 Å². The molecule has 1 saturated heterocycles. The molecule has 1 nitrogen and oxygen atoms in total. The minimum atomic E-state index is 0.618. The molecule has 2 heteroatoms. The average molecular weight is 213 g/mol. The van der Waals surface area contributed by atoms with Crippen LogP contribution in [-0.4, -0.2) is 23.6 Å². The lowest BCUT2D eigenvalue weighted by Crippen LogP contribution is -2.39. The first kappa shape index (κ1) is 10.8. The Bertz CT molecular complexity index is 187. The van der Waals surface area contributed by atoms with Crippen molar-refractivity contribution in [3.05, 3.63) is 0 Å². The number of thioether (sulfide) groups is 1. The molecule has 1 saturated carbocycles. The van der Waals surface area contributed by atoms with Crippen LogP contribution in [0, 0.1) is 5.41 Å². The predicted octanol–water partition coefficient (Wildman–Crippen LogP) is 3.05. The molecule has 2 atom stereocenters. The second-order valence-corrected chi connectivity index (χ2v) is 6.85. The van der Waals surface area contributed by atoms with Gasteiger partial charge in [0.2, 0.25) is 0 Å². The van der Waals surface area contributed by atoms with Gasteiger partial charge in [-0.25, -0.2) is 0 Å². The molecule has 2 aliphatic rings. The summed E-state index contributed by atoms with van der Waals surface area (Å²) in [5.41, 5.74) is 0.618. The summed E-state index contributed by atoms with van der Waals surface area (Å²) in [5, 5.41) is 4.63. The molecule has 0 spiro atoms. The van der Waals surface area contributed by atoms with E-state index in [-0.39, 0.29) is 0 Å². The standard InChI is InChI=1S/C12H23NS/c1-10-11(5-8-14-10)13-9-12(2)6-3-4-7-12/h10-11,13H,3-9H2,1-2H3. The zero-order valence-corrected chi connectivity index (χ0v) is 10.3. The molecular formula is C12H23NS. The minimum Gasteiger partial charge on any atom is -0.312 e. The monoisotopic (exact) mass is 213 g/mol. The van der Waals surface area contributed by atoms with Crippen LogP contribution in [-0.2, 0) is 0 Å². The van der Waals surface area contributed by atoms with E-state index < -0.39 is 0 Å². The van der Waals surface area contributed by atoms with Gasteiger partial charge in [0.15, 0.2) is 0 Å². The molecule has 2 fully saturated rings. The second-order valence-electron chi connectivity index (χ2n) is 5.37. The van der Waals surface area contributed by atoms with E-state index in [1.165, 1.54) is 44.4 Å². The van der Waals surface area contributed by atoms with Crippen molar-refractivity contribution in [2.75, 3.05) is 12.3 Å². The summed E-state index contributed by atoms with van der Waals surface area (Å²) in [6.45, 7) is 6.08. The summed E-state index contributed by atoms with van der Waals surface area (Å²) in [4.78, 5) is 0. The lowest BCUT2D eigenvalue weighted by Gasteiger charge is -2.27. The Morgan fingerprint density at radius 2 is 2.07 bits per heavy atom. The smallest absolute Gasteiger partial charge is 0.0191 e. The first-order valence-corrected chi connectivity index (χ1v) is 7.09. The summed E-state index contributed by atoms with van der Waals surface area (Å²) in [6, 6.07) is 0.789. The van der Waals surface area contributed by atoms with Crippen LogP contribution in [0.4, 0.5) is 0 Å². The van der Waals surface area contributed by atoms with Crippen LogP contribution in [0.25, 0.3) is 0 Å². The zero-order chi connectivity index (χ0) is 10.0. The van der Waals surface area contributed by atoms with Crippen molar-refractivity contribution in [2.45, 2.75) is 57.2 Å². The van der Waals surface area contributed by atoms with E-state index in [0.717, 1.165) is 11.3 Å². The quantitative estimate of drug-likeness (QED) is 0.773. The Morgan fingerprint density at radius 1 is 1.36 bits per heavy atom. The molecule has 1 aliphatic heterocycles. The van der Waals surface area contributed by atoms with Crippen LogP contribution in [0.3, 0.4) is 0 Å². The fourth-order valence-corrected chi connectivity index (χ4v) is 4.01. The summed E-state index contributed by atoms with van der Waals surface area (Å²) in [7, 11) is 0. The molecule has 0 amide bonds. The Balaban J connectivity index is 1.75. The van der Waals surface area contributed by atoms with Crippen LogP contribution >= 0.6 is 11.8 Å². The lowest BCUT2D eigenvalue weighted by atomic mass is 9.88. The Morgan fingerprint density at radius 3 is 2.64 bits per heavy atom. The first-order chi connectivity index (χ1) is 6.70. The van der Waals surface area contributed by atoms with Crippen molar-refractivity contribution in [1.29, 1.82) is 0 Å². The highest BCUT2D eigenvalue weighted by Crippen LogP contribution is 2.37. The van der Waals surface area contributed by atoms with Crippen molar-refractivity contribution in [3.8, 4) is 0 Å². The molecule has 2 rings (SSSR count). The summed E-state index contributed by atoms with van der Waals surface area (Å²) in [5.74, 6) is 1.36. The van der Waals surface area contributed by atoms with Gasteiger partial charge in [0, 0.05) is 17.8 Å². The zero-order valence-electron chi connectivity index (χ0n) is 9.51. The van der Waals surface area contributed by atoms with E-state index in [2.05, 4.69) is 30.9 Å². The Kier molecular flexibility index (Phi) is 3.43. The van der Waals surface area contributed by atoms with E-state index >= 15 is 0 Å². The second kappa shape index (κ2) is 4.44. The highest BCUT2D eigenvalue weighted by Gasteiger charge is 2.31. The van der Waals surface area contributed by atoms with Gasteiger partial charge in [-0.2, -0.15) is 11.8 Å². The fourth-order valence-electron chi connectivity index (χ4n) is 2.78. The Labute approximate surface area is 92.4 Å². The molecule has 0 aromatic rings. The third-order valence-electron chi connectivity index (χ3n) is 3.98. The SMILES string of the molecule is CC1SCCC1NCC1(C)CCCC1. The molecule has 0 aromatic carbocycles. The van der Waals surface area contributed by atoms with Gasteiger partial charge in [-0.15, -0.1) is 0 Å². The van der Waals surface area contributed by atoms with Gasteiger partial charge >= 0.3 is 0 Å². The number of hydrogen-bond acceptors (Lipinski definition) is 2. The van der Waals surface area contributed by atoms with Crippen LogP contribution < -0.4 is 5.32 Å². The van der Waals surface area contributed by atoms with E-state index in [1.54, 1.807) is 0 Å². The molecule has 0 radical (unpaired) electrons. The Hall–Kier alpha value is 0.310. The van der Waals surface area contributed by atoms with Gasteiger partial charge < -0.3 is 5.32 Å². The molecular weight excluding hydrogens is 190 g/mol. The molecule has 2 unspecified atom stereocenters. The van der Waals surface area contributed by atoms with Crippen molar-refractivity contribution in [1.82, 2.24) is 5.32 Å². The van der Waals surface area contributed by atoms with Crippen LogP contribution in [0.5, 0.6) is 0 Å². The molecule has 82 valence electrons. The molecule has 14 heavy (non-hydrogen) atoms. The van der Waals surface area contributed by atoms with Crippen LogP contribution in [0.1, 0.15) is 46.0 Å². The van der Waals surface area contributed by atoms with Crippen molar-refractivity contribution >= 4 is 11.8 Å². The minimum absolute atomic E-state index is 0.618. The number of rotatable bonds is 3. The maximum atomic E-state index is 3.79. The molecule has 1 aliphatic carbocycles. The first-order valence-electron chi connectivity index (χ1n) is 6.05. The average Bonchev–Trinajstić information content (AvgIpc) is 2.73. The lowest BCUT2D eigenvalue weighted by molar-refractivity contribution is 0.296. The topological polar surface area (TPSA) is 12.0 Å². The third kappa shape index (κ3) is 2.46. The molecule has 1 heterocycles. The van der Waals surface area contributed by atoms with Crippen LogP contribution in [0.15, 0.2) is 0 Å². The van der Waals surface area contributed by atoms with E-state index in [9.17, 15) is 0 Å². The van der Waals surface area contributed by atoms with E-state index in [0.29, 0.717) is 5.41 Å². The van der Waals surface area contributed by atoms with Crippen molar-refractivity contribution < 1.29 is 0 Å².